The Morgan fingerprint density at radius 3 is 2.95 bits per heavy atom. The van der Waals surface area contributed by atoms with E-state index in [-0.39, 0.29) is 6.04 Å². The van der Waals surface area contributed by atoms with Gasteiger partial charge in [0.15, 0.2) is 0 Å². The third-order valence-electron chi connectivity index (χ3n) is 2.98. The molecule has 1 atom stereocenters. The van der Waals surface area contributed by atoms with E-state index in [9.17, 15) is 0 Å². The van der Waals surface area contributed by atoms with Crippen LogP contribution in [0.15, 0.2) is 35.2 Å². The molecule has 5 heteroatoms. The number of ether oxygens (including phenoxy) is 1. The van der Waals surface area contributed by atoms with Crippen LogP contribution in [0, 0.1) is 0 Å². The van der Waals surface area contributed by atoms with Crippen LogP contribution in [0.1, 0.15) is 31.1 Å². The molecule has 0 amide bonds. The molecule has 0 saturated heterocycles. The SMILES string of the molecule is CCn1cncc1COc1cc(Br)ccc1[C@H](C)N. The lowest BCUT2D eigenvalue weighted by atomic mass is 10.1. The molecule has 2 rings (SSSR count). The van der Waals surface area contributed by atoms with Gasteiger partial charge in [0.25, 0.3) is 0 Å². The number of nitrogens with two attached hydrogens (primary N) is 1. The molecule has 0 bridgehead atoms. The van der Waals surface area contributed by atoms with Gasteiger partial charge < -0.3 is 15.0 Å². The summed E-state index contributed by atoms with van der Waals surface area (Å²) in [4.78, 5) is 4.13. The molecule has 0 aliphatic rings. The van der Waals surface area contributed by atoms with E-state index in [0.29, 0.717) is 6.61 Å². The summed E-state index contributed by atoms with van der Waals surface area (Å²) >= 11 is 3.45. The highest BCUT2D eigenvalue weighted by Gasteiger charge is 2.10. The summed E-state index contributed by atoms with van der Waals surface area (Å²) in [5.41, 5.74) is 8.02. The minimum atomic E-state index is -0.0563. The number of hydrogen-bond acceptors (Lipinski definition) is 3. The predicted octanol–water partition coefficient (Wildman–Crippen LogP) is 3.26. The van der Waals surface area contributed by atoms with Crippen molar-refractivity contribution >= 4 is 15.9 Å². The molecule has 0 aliphatic carbocycles. The first-order chi connectivity index (χ1) is 9.11. The number of nitrogens with zero attached hydrogens (tertiary/aromatic N) is 2. The molecule has 1 aromatic carbocycles. The lowest BCUT2D eigenvalue weighted by molar-refractivity contribution is 0.291. The van der Waals surface area contributed by atoms with Gasteiger partial charge in [-0.3, -0.25) is 0 Å². The van der Waals surface area contributed by atoms with E-state index in [2.05, 4.69) is 32.4 Å². The lowest BCUT2D eigenvalue weighted by Gasteiger charge is -2.15. The van der Waals surface area contributed by atoms with Crippen LogP contribution in [-0.4, -0.2) is 9.55 Å². The molecule has 0 saturated carbocycles. The van der Waals surface area contributed by atoms with Gasteiger partial charge >= 0.3 is 0 Å². The van der Waals surface area contributed by atoms with Crippen LogP contribution in [0.3, 0.4) is 0 Å². The summed E-state index contributed by atoms with van der Waals surface area (Å²) in [5.74, 6) is 0.813. The van der Waals surface area contributed by atoms with Crippen molar-refractivity contribution in [1.29, 1.82) is 0 Å². The molecule has 2 aromatic rings. The second-order valence-electron chi connectivity index (χ2n) is 4.43. The number of benzene rings is 1. The van der Waals surface area contributed by atoms with Gasteiger partial charge in [0.05, 0.1) is 18.2 Å². The number of imidazole rings is 1. The van der Waals surface area contributed by atoms with Gasteiger partial charge in [-0.05, 0) is 26.0 Å². The van der Waals surface area contributed by atoms with E-state index < -0.39 is 0 Å². The first-order valence-electron chi connectivity index (χ1n) is 6.28. The van der Waals surface area contributed by atoms with E-state index in [1.165, 1.54) is 0 Å². The van der Waals surface area contributed by atoms with Crippen molar-refractivity contribution in [2.24, 2.45) is 5.73 Å². The van der Waals surface area contributed by atoms with Crippen molar-refractivity contribution in [2.75, 3.05) is 0 Å². The fourth-order valence-corrected chi connectivity index (χ4v) is 2.25. The Hall–Kier alpha value is -1.33. The van der Waals surface area contributed by atoms with Crippen molar-refractivity contribution in [3.05, 3.63) is 46.5 Å². The van der Waals surface area contributed by atoms with Crippen LogP contribution < -0.4 is 10.5 Å². The smallest absolute Gasteiger partial charge is 0.130 e. The average Bonchev–Trinajstić information content (AvgIpc) is 2.83. The number of halogens is 1. The molecule has 19 heavy (non-hydrogen) atoms. The average molecular weight is 324 g/mol. The molecular formula is C14H18BrN3O. The second-order valence-corrected chi connectivity index (χ2v) is 5.35. The van der Waals surface area contributed by atoms with E-state index in [1.807, 2.05) is 37.6 Å². The van der Waals surface area contributed by atoms with Gasteiger partial charge in [-0.25, -0.2) is 4.98 Å². The summed E-state index contributed by atoms with van der Waals surface area (Å²) < 4.78 is 8.94. The van der Waals surface area contributed by atoms with Crippen molar-refractivity contribution < 1.29 is 4.74 Å². The maximum Gasteiger partial charge on any atom is 0.130 e. The molecule has 1 aromatic heterocycles. The fraction of sp³-hybridized carbons (Fsp3) is 0.357. The highest BCUT2D eigenvalue weighted by molar-refractivity contribution is 9.10. The van der Waals surface area contributed by atoms with Crippen molar-refractivity contribution in [3.63, 3.8) is 0 Å². The van der Waals surface area contributed by atoms with Gasteiger partial charge in [-0.15, -0.1) is 0 Å². The van der Waals surface area contributed by atoms with Crippen molar-refractivity contribution in [3.8, 4) is 5.75 Å². The Balaban J connectivity index is 2.17. The number of hydrogen-bond donors (Lipinski definition) is 1. The Bertz CT molecular complexity index is 551. The zero-order valence-corrected chi connectivity index (χ0v) is 12.7. The Morgan fingerprint density at radius 2 is 2.26 bits per heavy atom. The molecule has 102 valence electrons. The van der Waals surface area contributed by atoms with Crippen LogP contribution in [0.4, 0.5) is 0 Å². The topological polar surface area (TPSA) is 53.1 Å². The molecule has 0 aliphatic heterocycles. The molecule has 0 radical (unpaired) electrons. The maximum absolute atomic E-state index is 5.96. The molecule has 0 unspecified atom stereocenters. The number of rotatable bonds is 5. The van der Waals surface area contributed by atoms with Crippen LogP contribution in [0.25, 0.3) is 0 Å². The zero-order valence-electron chi connectivity index (χ0n) is 11.1. The first-order valence-corrected chi connectivity index (χ1v) is 7.08. The van der Waals surface area contributed by atoms with E-state index in [4.69, 9.17) is 10.5 Å². The zero-order chi connectivity index (χ0) is 13.8. The van der Waals surface area contributed by atoms with Gasteiger partial charge in [-0.1, -0.05) is 22.0 Å². The Morgan fingerprint density at radius 1 is 1.47 bits per heavy atom. The highest BCUT2D eigenvalue weighted by Crippen LogP contribution is 2.28. The molecular weight excluding hydrogens is 306 g/mol. The van der Waals surface area contributed by atoms with Gasteiger partial charge in [-0.2, -0.15) is 0 Å². The normalized spacial score (nSPS) is 12.4. The summed E-state index contributed by atoms with van der Waals surface area (Å²) in [7, 11) is 0. The van der Waals surface area contributed by atoms with E-state index >= 15 is 0 Å². The molecule has 4 nitrogen and oxygen atoms in total. The monoisotopic (exact) mass is 323 g/mol. The van der Waals surface area contributed by atoms with Crippen molar-refractivity contribution in [1.82, 2.24) is 9.55 Å². The molecule has 0 spiro atoms. The predicted molar refractivity (Wildman–Crippen MR) is 79.0 cm³/mol. The molecule has 1 heterocycles. The fourth-order valence-electron chi connectivity index (χ4n) is 1.91. The van der Waals surface area contributed by atoms with Gasteiger partial charge in [0.1, 0.15) is 12.4 Å². The summed E-state index contributed by atoms with van der Waals surface area (Å²) in [6.07, 6.45) is 3.64. The molecule has 0 fully saturated rings. The lowest BCUT2D eigenvalue weighted by Crippen LogP contribution is -2.09. The van der Waals surface area contributed by atoms with Crippen LogP contribution in [0.2, 0.25) is 0 Å². The summed E-state index contributed by atoms with van der Waals surface area (Å²) in [6, 6.07) is 5.85. The minimum Gasteiger partial charge on any atom is -0.487 e. The van der Waals surface area contributed by atoms with Crippen LogP contribution in [-0.2, 0) is 13.2 Å². The van der Waals surface area contributed by atoms with E-state index in [0.717, 1.165) is 28.0 Å². The summed E-state index contributed by atoms with van der Waals surface area (Å²) in [5, 5.41) is 0. The van der Waals surface area contributed by atoms with Gasteiger partial charge in [0, 0.05) is 22.6 Å². The van der Waals surface area contributed by atoms with Crippen LogP contribution in [0.5, 0.6) is 5.75 Å². The van der Waals surface area contributed by atoms with E-state index in [1.54, 1.807) is 0 Å². The highest BCUT2D eigenvalue weighted by atomic mass is 79.9. The maximum atomic E-state index is 5.96. The molecule has 2 N–H and O–H groups in total. The summed E-state index contributed by atoms with van der Waals surface area (Å²) in [6.45, 7) is 5.41. The van der Waals surface area contributed by atoms with Crippen molar-refractivity contribution in [2.45, 2.75) is 33.0 Å². The Kier molecular flexibility index (Phi) is 4.61. The Labute approximate surface area is 121 Å². The number of aryl methyl sites for hydroxylation is 1. The third kappa shape index (κ3) is 3.36. The number of aromatic nitrogens is 2. The van der Waals surface area contributed by atoms with Gasteiger partial charge in [0.2, 0.25) is 0 Å². The minimum absolute atomic E-state index is 0.0563. The first kappa shape index (κ1) is 14.1. The van der Waals surface area contributed by atoms with Crippen LogP contribution >= 0.6 is 15.9 Å². The quantitative estimate of drug-likeness (QED) is 0.918. The third-order valence-corrected chi connectivity index (χ3v) is 3.47. The largest absolute Gasteiger partial charge is 0.487 e. The second kappa shape index (κ2) is 6.21. The standard InChI is InChI=1S/C14H18BrN3O/c1-3-18-9-17-7-12(18)8-19-14-6-11(15)4-5-13(14)10(2)16/h4-7,9-10H,3,8,16H2,1-2H3/t10-/m0/s1.